The van der Waals surface area contributed by atoms with Crippen LogP contribution in [0.1, 0.15) is 50.2 Å². The van der Waals surface area contributed by atoms with Crippen molar-refractivity contribution in [2.24, 2.45) is 0 Å². The minimum Gasteiger partial charge on any atom is -0.349 e. The predicted molar refractivity (Wildman–Crippen MR) is 89.6 cm³/mol. The highest BCUT2D eigenvalue weighted by Gasteiger charge is 2.19. The smallest absolute Gasteiger partial charge is 0.221 e. The molecule has 2 N–H and O–H groups in total. The highest BCUT2D eigenvalue weighted by Crippen LogP contribution is 2.14. The quantitative estimate of drug-likeness (QED) is 0.865. The number of rotatable bonds is 4. The molecule has 1 atom stereocenters. The SMILES string of the molecule is Cl.Cl.O=C(CC1CCCN1)NCc1nnc2n1CCCCC2. The van der Waals surface area contributed by atoms with Crippen LogP contribution in [0.15, 0.2) is 0 Å². The van der Waals surface area contributed by atoms with Crippen LogP contribution in [0.2, 0.25) is 0 Å². The Hall–Kier alpha value is -0.850. The summed E-state index contributed by atoms with van der Waals surface area (Å²) in [5, 5.41) is 14.8. The molecule has 1 amide bonds. The molecule has 0 saturated carbocycles. The highest BCUT2D eigenvalue weighted by atomic mass is 35.5. The van der Waals surface area contributed by atoms with Crippen molar-refractivity contribution in [3.05, 3.63) is 11.6 Å². The Morgan fingerprint density at radius 1 is 1.23 bits per heavy atom. The van der Waals surface area contributed by atoms with E-state index >= 15 is 0 Å². The molecule has 3 rings (SSSR count). The summed E-state index contributed by atoms with van der Waals surface area (Å²) in [5.74, 6) is 2.08. The minimum atomic E-state index is 0. The number of carbonyl (C=O) groups is 1. The lowest BCUT2D eigenvalue weighted by molar-refractivity contribution is -0.121. The molecule has 8 heteroatoms. The fraction of sp³-hybridized carbons (Fsp3) is 0.786. The van der Waals surface area contributed by atoms with Crippen molar-refractivity contribution in [3.63, 3.8) is 0 Å². The number of hydrogen-bond acceptors (Lipinski definition) is 4. The van der Waals surface area contributed by atoms with E-state index < -0.39 is 0 Å². The van der Waals surface area contributed by atoms with Crippen molar-refractivity contribution in [1.29, 1.82) is 0 Å². The highest BCUT2D eigenvalue weighted by molar-refractivity contribution is 5.85. The Labute approximate surface area is 143 Å². The number of nitrogens with zero attached hydrogens (tertiary/aromatic N) is 3. The first kappa shape index (κ1) is 19.2. The van der Waals surface area contributed by atoms with Gasteiger partial charge in [0.25, 0.3) is 0 Å². The molecule has 6 nitrogen and oxygen atoms in total. The Bertz CT molecular complexity index is 474. The first-order chi connectivity index (χ1) is 9.83. The number of aryl methyl sites for hydroxylation is 1. The molecule has 0 spiro atoms. The van der Waals surface area contributed by atoms with Crippen LogP contribution in [-0.2, 0) is 24.3 Å². The summed E-state index contributed by atoms with van der Waals surface area (Å²) >= 11 is 0. The van der Waals surface area contributed by atoms with Crippen molar-refractivity contribution >= 4 is 30.7 Å². The molecule has 0 bridgehead atoms. The maximum atomic E-state index is 11.9. The number of nitrogens with one attached hydrogen (secondary N) is 2. The Kier molecular flexibility index (Phi) is 8.14. The van der Waals surface area contributed by atoms with Crippen molar-refractivity contribution < 1.29 is 4.79 Å². The van der Waals surface area contributed by atoms with Gasteiger partial charge in [0.05, 0.1) is 6.54 Å². The summed E-state index contributed by atoms with van der Waals surface area (Å²) in [6, 6.07) is 0.352. The predicted octanol–water partition coefficient (Wildman–Crippen LogP) is 1.61. The van der Waals surface area contributed by atoms with Gasteiger partial charge in [-0.2, -0.15) is 0 Å². The van der Waals surface area contributed by atoms with E-state index in [9.17, 15) is 4.79 Å². The van der Waals surface area contributed by atoms with Gasteiger partial charge in [-0.05, 0) is 32.2 Å². The van der Waals surface area contributed by atoms with Crippen molar-refractivity contribution in [2.45, 2.75) is 64.1 Å². The molecular weight excluding hydrogens is 325 g/mol. The molecule has 1 saturated heterocycles. The van der Waals surface area contributed by atoms with Gasteiger partial charge in [0.15, 0.2) is 5.82 Å². The molecular formula is C14H25Cl2N5O. The number of fused-ring (bicyclic) bond motifs is 1. The summed E-state index contributed by atoms with van der Waals surface area (Å²) in [5.41, 5.74) is 0. The number of amides is 1. The largest absolute Gasteiger partial charge is 0.349 e. The molecule has 1 unspecified atom stereocenters. The second-order valence-corrected chi connectivity index (χ2v) is 5.77. The molecule has 2 aliphatic heterocycles. The monoisotopic (exact) mass is 349 g/mol. The molecule has 0 aliphatic carbocycles. The van der Waals surface area contributed by atoms with Gasteiger partial charge < -0.3 is 15.2 Å². The van der Waals surface area contributed by atoms with E-state index in [1.165, 1.54) is 25.7 Å². The van der Waals surface area contributed by atoms with Crippen LogP contribution in [-0.4, -0.2) is 33.3 Å². The van der Waals surface area contributed by atoms with Crippen molar-refractivity contribution in [3.8, 4) is 0 Å². The Morgan fingerprint density at radius 3 is 2.86 bits per heavy atom. The lowest BCUT2D eigenvalue weighted by Crippen LogP contribution is -2.32. The molecule has 1 aromatic rings. The van der Waals surface area contributed by atoms with Crippen LogP contribution in [0.4, 0.5) is 0 Å². The van der Waals surface area contributed by atoms with E-state index in [1.54, 1.807) is 0 Å². The van der Waals surface area contributed by atoms with E-state index in [0.717, 1.165) is 37.6 Å². The topological polar surface area (TPSA) is 71.8 Å². The van der Waals surface area contributed by atoms with E-state index in [-0.39, 0.29) is 30.7 Å². The lowest BCUT2D eigenvalue weighted by Gasteiger charge is -2.11. The average molecular weight is 350 g/mol. The fourth-order valence-electron chi connectivity index (χ4n) is 3.08. The third-order valence-electron chi connectivity index (χ3n) is 4.22. The Morgan fingerprint density at radius 2 is 2.09 bits per heavy atom. The van der Waals surface area contributed by atoms with Crippen LogP contribution in [0, 0.1) is 0 Å². The van der Waals surface area contributed by atoms with Crippen LogP contribution < -0.4 is 10.6 Å². The van der Waals surface area contributed by atoms with Gasteiger partial charge in [-0.15, -0.1) is 35.0 Å². The molecule has 22 heavy (non-hydrogen) atoms. The van der Waals surface area contributed by atoms with Gasteiger partial charge in [-0.1, -0.05) is 6.42 Å². The van der Waals surface area contributed by atoms with Crippen LogP contribution in [0.5, 0.6) is 0 Å². The first-order valence-corrected chi connectivity index (χ1v) is 7.74. The van der Waals surface area contributed by atoms with Crippen LogP contribution in [0.25, 0.3) is 0 Å². The Balaban J connectivity index is 0.00000121. The molecule has 0 aromatic carbocycles. The zero-order valence-corrected chi connectivity index (χ0v) is 14.3. The van der Waals surface area contributed by atoms with E-state index in [2.05, 4.69) is 25.4 Å². The van der Waals surface area contributed by atoms with Crippen LogP contribution >= 0.6 is 24.8 Å². The van der Waals surface area contributed by atoms with E-state index in [1.807, 2.05) is 0 Å². The minimum absolute atomic E-state index is 0. The van der Waals surface area contributed by atoms with Gasteiger partial charge in [-0.3, -0.25) is 4.79 Å². The second-order valence-electron chi connectivity index (χ2n) is 5.77. The summed E-state index contributed by atoms with van der Waals surface area (Å²) in [6.07, 6.45) is 7.48. The number of hydrogen-bond donors (Lipinski definition) is 2. The van der Waals surface area contributed by atoms with Crippen LogP contribution in [0.3, 0.4) is 0 Å². The van der Waals surface area contributed by atoms with Gasteiger partial charge in [0.2, 0.25) is 5.91 Å². The zero-order valence-electron chi connectivity index (χ0n) is 12.7. The van der Waals surface area contributed by atoms with Crippen molar-refractivity contribution in [1.82, 2.24) is 25.4 Å². The number of aromatic nitrogens is 3. The average Bonchev–Trinajstić information content (AvgIpc) is 3.02. The summed E-state index contributed by atoms with van der Waals surface area (Å²) in [6.45, 7) is 2.52. The molecule has 2 aliphatic rings. The zero-order chi connectivity index (χ0) is 13.8. The molecule has 1 aromatic heterocycles. The maximum absolute atomic E-state index is 11.9. The normalized spacial score (nSPS) is 20.3. The molecule has 1 fully saturated rings. The van der Waals surface area contributed by atoms with E-state index in [4.69, 9.17) is 0 Å². The number of carbonyl (C=O) groups excluding carboxylic acids is 1. The molecule has 0 radical (unpaired) electrons. The molecule has 126 valence electrons. The summed E-state index contributed by atoms with van der Waals surface area (Å²) < 4.78 is 2.18. The number of halogens is 2. The summed E-state index contributed by atoms with van der Waals surface area (Å²) in [4.78, 5) is 11.9. The third-order valence-corrected chi connectivity index (χ3v) is 4.22. The summed E-state index contributed by atoms with van der Waals surface area (Å²) in [7, 11) is 0. The lowest BCUT2D eigenvalue weighted by atomic mass is 10.1. The van der Waals surface area contributed by atoms with E-state index in [0.29, 0.717) is 19.0 Å². The van der Waals surface area contributed by atoms with Gasteiger partial charge in [-0.25, -0.2) is 0 Å². The molecule has 3 heterocycles. The second kappa shape index (κ2) is 9.33. The van der Waals surface area contributed by atoms with Gasteiger partial charge >= 0.3 is 0 Å². The van der Waals surface area contributed by atoms with Gasteiger partial charge in [0.1, 0.15) is 5.82 Å². The fourth-order valence-corrected chi connectivity index (χ4v) is 3.08. The van der Waals surface area contributed by atoms with Gasteiger partial charge in [0, 0.05) is 25.4 Å². The third kappa shape index (κ3) is 4.83. The first-order valence-electron chi connectivity index (χ1n) is 7.74. The maximum Gasteiger partial charge on any atom is 0.221 e. The standard InChI is InChI=1S/C14H23N5O.2ClH/c20-14(9-11-5-4-7-15-11)16-10-13-18-17-12-6-2-1-3-8-19(12)13;;/h11,15H,1-10H2,(H,16,20);2*1H. The van der Waals surface area contributed by atoms with Crippen molar-refractivity contribution in [2.75, 3.05) is 6.54 Å².